The van der Waals surface area contributed by atoms with Crippen molar-refractivity contribution in [1.82, 2.24) is 4.98 Å². The number of nitrogen functional groups attached to an aromatic ring is 1. The Bertz CT molecular complexity index is 469. The third-order valence-corrected chi connectivity index (χ3v) is 3.53. The minimum absolute atomic E-state index is 0.212. The Balaban J connectivity index is 2.20. The number of methoxy groups -OCH3 is 1. The van der Waals surface area contributed by atoms with Gasteiger partial charge in [-0.2, -0.15) is 5.26 Å². The maximum absolute atomic E-state index is 8.95. The number of anilines is 2. The van der Waals surface area contributed by atoms with Gasteiger partial charge in [-0.1, -0.05) is 6.92 Å². The zero-order chi connectivity index (χ0) is 13.1. The van der Waals surface area contributed by atoms with Crippen LogP contribution < -0.4 is 10.6 Å². The molecule has 18 heavy (non-hydrogen) atoms. The summed E-state index contributed by atoms with van der Waals surface area (Å²) in [6.07, 6.45) is 1.27. The molecular weight excluding hydrogens is 228 g/mol. The molecule has 96 valence electrons. The van der Waals surface area contributed by atoms with Crippen molar-refractivity contribution in [3.8, 4) is 6.07 Å². The van der Waals surface area contributed by atoms with Gasteiger partial charge in [-0.15, -0.1) is 0 Å². The molecule has 2 heterocycles. The lowest BCUT2D eigenvalue weighted by molar-refractivity contribution is 0.0496. The molecule has 0 amide bonds. The largest absolute Gasteiger partial charge is 0.396 e. The molecule has 2 unspecified atom stereocenters. The Morgan fingerprint density at radius 3 is 3.00 bits per heavy atom. The van der Waals surface area contributed by atoms with Gasteiger partial charge in [0.25, 0.3) is 0 Å². The van der Waals surface area contributed by atoms with E-state index in [1.54, 1.807) is 13.2 Å². The minimum atomic E-state index is 0.212. The maximum Gasteiger partial charge on any atom is 0.165 e. The van der Waals surface area contributed by atoms with Gasteiger partial charge in [-0.05, 0) is 24.5 Å². The highest BCUT2D eigenvalue weighted by Crippen LogP contribution is 2.24. The summed E-state index contributed by atoms with van der Waals surface area (Å²) in [5, 5.41) is 8.95. The highest BCUT2D eigenvalue weighted by Gasteiger charge is 2.26. The molecule has 0 radical (unpaired) electrons. The molecule has 1 aliphatic heterocycles. The number of ether oxygens (including phenoxy) is 1. The van der Waals surface area contributed by atoms with Crippen LogP contribution in [0.5, 0.6) is 0 Å². The fourth-order valence-corrected chi connectivity index (χ4v) is 2.27. The second-order valence-corrected chi connectivity index (χ2v) is 4.71. The number of rotatable bonds is 2. The van der Waals surface area contributed by atoms with Crippen LogP contribution in [0, 0.1) is 17.2 Å². The molecule has 2 rings (SSSR count). The van der Waals surface area contributed by atoms with Crippen LogP contribution in [-0.4, -0.2) is 31.3 Å². The monoisotopic (exact) mass is 246 g/mol. The smallest absolute Gasteiger partial charge is 0.165 e. The van der Waals surface area contributed by atoms with Crippen LogP contribution in [0.4, 0.5) is 11.5 Å². The second kappa shape index (κ2) is 5.23. The summed E-state index contributed by atoms with van der Waals surface area (Å²) in [7, 11) is 1.74. The number of hydrogen-bond donors (Lipinski definition) is 1. The van der Waals surface area contributed by atoms with Gasteiger partial charge >= 0.3 is 0 Å². The Morgan fingerprint density at radius 1 is 1.56 bits per heavy atom. The molecule has 5 heteroatoms. The fraction of sp³-hybridized carbons (Fsp3) is 0.538. The van der Waals surface area contributed by atoms with E-state index in [1.165, 1.54) is 0 Å². The molecule has 0 aliphatic carbocycles. The van der Waals surface area contributed by atoms with Gasteiger partial charge in [0, 0.05) is 20.2 Å². The molecule has 1 aromatic heterocycles. The van der Waals surface area contributed by atoms with E-state index >= 15 is 0 Å². The van der Waals surface area contributed by atoms with E-state index in [2.05, 4.69) is 16.8 Å². The molecule has 2 atom stereocenters. The third-order valence-electron chi connectivity index (χ3n) is 3.53. The summed E-state index contributed by atoms with van der Waals surface area (Å²) < 4.78 is 5.48. The standard InChI is InChI=1S/C13H18N4O/c1-9-5-6-17(8-12(9)18-2)13-4-3-10(15)11(7-14)16-13/h3-4,9,12H,5-6,8,15H2,1-2H3. The van der Waals surface area contributed by atoms with Gasteiger partial charge in [0.1, 0.15) is 11.9 Å². The Morgan fingerprint density at radius 2 is 2.33 bits per heavy atom. The van der Waals surface area contributed by atoms with Crippen molar-refractivity contribution in [1.29, 1.82) is 5.26 Å². The van der Waals surface area contributed by atoms with Gasteiger partial charge in [0.05, 0.1) is 11.8 Å². The SMILES string of the molecule is COC1CN(c2ccc(N)c(C#N)n2)CCC1C. The minimum Gasteiger partial charge on any atom is -0.396 e. The molecule has 2 N–H and O–H groups in total. The predicted octanol–water partition coefficient (Wildman–Crippen LogP) is 1.40. The summed E-state index contributed by atoms with van der Waals surface area (Å²) in [6, 6.07) is 5.61. The van der Waals surface area contributed by atoms with E-state index in [1.807, 2.05) is 12.1 Å². The van der Waals surface area contributed by atoms with Gasteiger partial charge in [-0.3, -0.25) is 0 Å². The van der Waals surface area contributed by atoms with Crippen LogP contribution in [0.25, 0.3) is 0 Å². The number of nitrogens with zero attached hydrogens (tertiary/aromatic N) is 3. The van der Waals surface area contributed by atoms with Gasteiger partial charge < -0.3 is 15.4 Å². The number of nitriles is 1. The molecule has 1 saturated heterocycles. The second-order valence-electron chi connectivity index (χ2n) is 4.71. The van der Waals surface area contributed by atoms with Crippen molar-refractivity contribution < 1.29 is 4.74 Å². The first-order chi connectivity index (χ1) is 8.65. The van der Waals surface area contributed by atoms with Crippen LogP contribution >= 0.6 is 0 Å². The van der Waals surface area contributed by atoms with Crippen LogP contribution in [0.2, 0.25) is 0 Å². The summed E-state index contributed by atoms with van der Waals surface area (Å²) in [5.41, 5.74) is 6.39. The first kappa shape index (κ1) is 12.7. The Hall–Kier alpha value is -1.80. The molecular formula is C13H18N4O. The lowest BCUT2D eigenvalue weighted by atomic mass is 9.96. The lowest BCUT2D eigenvalue weighted by Gasteiger charge is -2.36. The number of nitrogens with two attached hydrogens (primary N) is 1. The first-order valence-corrected chi connectivity index (χ1v) is 6.10. The summed E-state index contributed by atoms with van der Waals surface area (Å²) in [5.74, 6) is 1.35. The molecule has 0 aromatic carbocycles. The number of piperidine rings is 1. The van der Waals surface area contributed by atoms with Crippen molar-refractivity contribution in [3.63, 3.8) is 0 Å². The molecule has 1 aliphatic rings. The van der Waals surface area contributed by atoms with Crippen molar-refractivity contribution in [3.05, 3.63) is 17.8 Å². The van der Waals surface area contributed by atoms with E-state index in [0.29, 0.717) is 17.3 Å². The predicted molar refractivity (Wildman–Crippen MR) is 70.2 cm³/mol. The zero-order valence-corrected chi connectivity index (χ0v) is 10.8. The topological polar surface area (TPSA) is 75.2 Å². The molecule has 0 spiro atoms. The van der Waals surface area contributed by atoms with Crippen LogP contribution in [0.15, 0.2) is 12.1 Å². The Kier molecular flexibility index (Phi) is 3.68. The zero-order valence-electron chi connectivity index (χ0n) is 10.8. The molecule has 1 fully saturated rings. The third kappa shape index (κ3) is 2.39. The Labute approximate surface area is 107 Å². The number of pyridine rings is 1. The first-order valence-electron chi connectivity index (χ1n) is 6.10. The molecule has 0 saturated carbocycles. The lowest BCUT2D eigenvalue weighted by Crippen LogP contribution is -2.44. The van der Waals surface area contributed by atoms with Crippen LogP contribution in [0.3, 0.4) is 0 Å². The summed E-state index contributed by atoms with van der Waals surface area (Å²) in [4.78, 5) is 6.44. The highest BCUT2D eigenvalue weighted by atomic mass is 16.5. The fourth-order valence-electron chi connectivity index (χ4n) is 2.27. The summed E-state index contributed by atoms with van der Waals surface area (Å²) >= 11 is 0. The van der Waals surface area contributed by atoms with Crippen molar-refractivity contribution >= 4 is 11.5 Å². The highest BCUT2D eigenvalue weighted by molar-refractivity contribution is 5.55. The maximum atomic E-state index is 8.95. The molecule has 0 bridgehead atoms. The van der Waals surface area contributed by atoms with Gasteiger partial charge in [-0.25, -0.2) is 4.98 Å². The van der Waals surface area contributed by atoms with Crippen molar-refractivity contribution in [2.45, 2.75) is 19.4 Å². The molecule has 1 aromatic rings. The van der Waals surface area contributed by atoms with E-state index in [9.17, 15) is 0 Å². The average Bonchev–Trinajstić information content (AvgIpc) is 2.40. The van der Waals surface area contributed by atoms with E-state index < -0.39 is 0 Å². The quantitative estimate of drug-likeness (QED) is 0.853. The normalized spacial score (nSPS) is 23.7. The van der Waals surface area contributed by atoms with Crippen LogP contribution in [0.1, 0.15) is 19.0 Å². The number of hydrogen-bond acceptors (Lipinski definition) is 5. The van der Waals surface area contributed by atoms with Crippen molar-refractivity contribution in [2.24, 2.45) is 5.92 Å². The number of aromatic nitrogens is 1. The van der Waals surface area contributed by atoms with Crippen molar-refractivity contribution in [2.75, 3.05) is 30.8 Å². The average molecular weight is 246 g/mol. The van der Waals surface area contributed by atoms with Gasteiger partial charge in [0.2, 0.25) is 0 Å². The van der Waals surface area contributed by atoms with E-state index in [-0.39, 0.29) is 6.10 Å². The van der Waals surface area contributed by atoms with E-state index in [0.717, 1.165) is 25.3 Å². The van der Waals surface area contributed by atoms with E-state index in [4.69, 9.17) is 15.7 Å². The van der Waals surface area contributed by atoms with Gasteiger partial charge in [0.15, 0.2) is 5.69 Å². The summed E-state index contributed by atoms with van der Waals surface area (Å²) in [6.45, 7) is 3.94. The molecule has 5 nitrogen and oxygen atoms in total. The van der Waals surface area contributed by atoms with Crippen LogP contribution in [-0.2, 0) is 4.74 Å².